The molecule has 0 radical (unpaired) electrons. The average Bonchev–Trinajstić information content (AvgIpc) is 2.74. The van der Waals surface area contributed by atoms with E-state index in [1.807, 2.05) is 0 Å². The van der Waals surface area contributed by atoms with Gasteiger partial charge in [-0.25, -0.2) is 0 Å². The van der Waals surface area contributed by atoms with E-state index in [2.05, 4.69) is 0 Å². The molecule has 3 aromatic carbocycles. The summed E-state index contributed by atoms with van der Waals surface area (Å²) in [6.07, 6.45) is -21.0. The first kappa shape index (κ1) is 28.6. The first-order valence-corrected chi connectivity index (χ1v) is 9.79. The fraction of sp³-hybridized carbons (Fsp3) is 0.182. The second-order valence-electron chi connectivity index (χ2n) is 7.53. The van der Waals surface area contributed by atoms with Crippen molar-refractivity contribution in [3.63, 3.8) is 0 Å². The standard InChI is InChI=1S/C22H12F12N2O2/c23-19(24,25)13-5-11(6-14(17(13)35)20(26,27)28)37-9-1-2-10(4-3-9)38-12-7-15(21(29,30)31)18(36)16(8-12)22(32,33)34/h1-8H,35-36H2. The molecule has 16 heteroatoms. The summed E-state index contributed by atoms with van der Waals surface area (Å²) < 4.78 is 168. The molecule has 0 aliphatic heterocycles. The van der Waals surface area contributed by atoms with E-state index in [1.165, 1.54) is 0 Å². The van der Waals surface area contributed by atoms with E-state index >= 15 is 0 Å². The molecular formula is C22H12F12N2O2. The quantitative estimate of drug-likeness (QED) is 0.246. The second kappa shape index (κ2) is 9.40. The van der Waals surface area contributed by atoms with Crippen molar-refractivity contribution >= 4 is 11.4 Å². The molecule has 0 saturated carbocycles. The van der Waals surface area contributed by atoms with Crippen LogP contribution in [0.25, 0.3) is 0 Å². The topological polar surface area (TPSA) is 70.5 Å². The number of nitrogen functional groups attached to an aromatic ring is 2. The fourth-order valence-electron chi connectivity index (χ4n) is 3.16. The van der Waals surface area contributed by atoms with Crippen LogP contribution in [0.3, 0.4) is 0 Å². The van der Waals surface area contributed by atoms with Crippen LogP contribution >= 0.6 is 0 Å². The minimum atomic E-state index is -5.26. The van der Waals surface area contributed by atoms with E-state index in [4.69, 9.17) is 20.9 Å². The second-order valence-corrected chi connectivity index (χ2v) is 7.53. The van der Waals surface area contributed by atoms with E-state index in [9.17, 15) is 52.7 Å². The molecule has 0 unspecified atom stereocenters. The van der Waals surface area contributed by atoms with Gasteiger partial charge in [0.1, 0.15) is 23.0 Å². The van der Waals surface area contributed by atoms with Gasteiger partial charge in [-0.1, -0.05) is 0 Å². The van der Waals surface area contributed by atoms with Crippen molar-refractivity contribution in [2.75, 3.05) is 11.5 Å². The number of ether oxygens (including phenoxy) is 2. The number of nitrogens with two attached hydrogens (primary N) is 2. The molecule has 4 N–H and O–H groups in total. The summed E-state index contributed by atoms with van der Waals surface area (Å²) in [7, 11) is 0. The van der Waals surface area contributed by atoms with Crippen LogP contribution in [0.2, 0.25) is 0 Å². The highest BCUT2D eigenvalue weighted by Crippen LogP contribution is 2.46. The minimum Gasteiger partial charge on any atom is -0.457 e. The van der Waals surface area contributed by atoms with Gasteiger partial charge in [0.2, 0.25) is 0 Å². The number of hydrogen-bond donors (Lipinski definition) is 2. The number of alkyl halides is 12. The lowest BCUT2D eigenvalue weighted by Gasteiger charge is -2.18. The monoisotopic (exact) mass is 564 g/mol. The third-order valence-corrected chi connectivity index (χ3v) is 4.82. The fourth-order valence-corrected chi connectivity index (χ4v) is 3.16. The molecule has 0 spiro atoms. The van der Waals surface area contributed by atoms with Gasteiger partial charge in [0, 0.05) is 0 Å². The van der Waals surface area contributed by atoms with Gasteiger partial charge < -0.3 is 20.9 Å². The Bertz CT molecular complexity index is 1150. The summed E-state index contributed by atoms with van der Waals surface area (Å²) in [5, 5.41) is 0. The lowest BCUT2D eigenvalue weighted by molar-refractivity contribution is -0.143. The number of benzene rings is 3. The third kappa shape index (κ3) is 6.28. The van der Waals surface area contributed by atoms with Crippen LogP contribution in [0.5, 0.6) is 23.0 Å². The van der Waals surface area contributed by atoms with Gasteiger partial charge in [0.25, 0.3) is 0 Å². The molecule has 0 bridgehead atoms. The van der Waals surface area contributed by atoms with Gasteiger partial charge in [0.15, 0.2) is 0 Å². The lowest BCUT2D eigenvalue weighted by Crippen LogP contribution is -2.16. The Morgan fingerprint density at radius 2 is 0.605 bits per heavy atom. The smallest absolute Gasteiger partial charge is 0.418 e. The first-order valence-electron chi connectivity index (χ1n) is 9.79. The highest BCUT2D eigenvalue weighted by Gasteiger charge is 2.42. The predicted octanol–water partition coefficient (Wildman–Crippen LogP) is 8.51. The van der Waals surface area contributed by atoms with Crippen molar-refractivity contribution in [1.82, 2.24) is 0 Å². The normalized spacial score (nSPS) is 12.9. The molecule has 0 fully saturated rings. The molecule has 0 amide bonds. The summed E-state index contributed by atoms with van der Waals surface area (Å²) in [5.74, 6) is -2.52. The zero-order valence-electron chi connectivity index (χ0n) is 18.1. The molecule has 0 aliphatic carbocycles. The summed E-state index contributed by atoms with van der Waals surface area (Å²) in [6, 6.07) is 4.61. The molecule has 0 heterocycles. The van der Waals surface area contributed by atoms with E-state index in [-0.39, 0.29) is 35.8 Å². The Labute approximate surface area is 204 Å². The minimum absolute atomic E-state index is 0.223. The van der Waals surface area contributed by atoms with Gasteiger partial charge in [-0.15, -0.1) is 0 Å². The summed E-state index contributed by atoms with van der Waals surface area (Å²) in [5.41, 5.74) is -0.321. The average molecular weight is 564 g/mol. The van der Waals surface area contributed by atoms with E-state index < -0.39 is 69.8 Å². The van der Waals surface area contributed by atoms with Gasteiger partial charge in [0.05, 0.1) is 33.6 Å². The van der Waals surface area contributed by atoms with Gasteiger partial charge in [-0.3, -0.25) is 0 Å². The van der Waals surface area contributed by atoms with Crippen molar-refractivity contribution in [2.24, 2.45) is 0 Å². The van der Waals surface area contributed by atoms with E-state index in [0.717, 1.165) is 24.3 Å². The molecule has 0 saturated heterocycles. The molecule has 206 valence electrons. The molecule has 3 aromatic rings. The zero-order chi connectivity index (χ0) is 28.8. The maximum atomic E-state index is 13.2. The largest absolute Gasteiger partial charge is 0.457 e. The predicted molar refractivity (Wildman–Crippen MR) is 108 cm³/mol. The molecule has 0 aliphatic rings. The van der Waals surface area contributed by atoms with Crippen LogP contribution in [-0.2, 0) is 24.7 Å². The number of anilines is 2. The van der Waals surface area contributed by atoms with Gasteiger partial charge >= 0.3 is 24.7 Å². The Hall–Kier alpha value is -3.98. The maximum Gasteiger partial charge on any atom is 0.418 e. The Kier molecular flexibility index (Phi) is 7.07. The molecule has 4 nitrogen and oxygen atoms in total. The Balaban J connectivity index is 1.93. The van der Waals surface area contributed by atoms with Crippen molar-refractivity contribution in [2.45, 2.75) is 24.7 Å². The van der Waals surface area contributed by atoms with E-state index in [0.29, 0.717) is 0 Å². The van der Waals surface area contributed by atoms with Crippen LogP contribution in [-0.4, -0.2) is 0 Å². The Morgan fingerprint density at radius 3 is 0.789 bits per heavy atom. The first-order chi connectivity index (χ1) is 17.2. The molecule has 0 aromatic heterocycles. The molecule has 0 atom stereocenters. The number of halogens is 12. The Morgan fingerprint density at radius 1 is 0.395 bits per heavy atom. The van der Waals surface area contributed by atoms with Gasteiger partial charge in [-0.2, -0.15) is 52.7 Å². The van der Waals surface area contributed by atoms with Gasteiger partial charge in [-0.05, 0) is 48.5 Å². The zero-order valence-corrected chi connectivity index (χ0v) is 18.1. The summed E-state index contributed by atoms with van der Waals surface area (Å²) in [6.45, 7) is 0. The summed E-state index contributed by atoms with van der Waals surface area (Å²) >= 11 is 0. The maximum absolute atomic E-state index is 13.2. The van der Waals surface area contributed by atoms with Crippen LogP contribution in [0.4, 0.5) is 64.1 Å². The van der Waals surface area contributed by atoms with E-state index in [1.54, 1.807) is 0 Å². The molecular weight excluding hydrogens is 552 g/mol. The van der Waals surface area contributed by atoms with Crippen LogP contribution < -0.4 is 20.9 Å². The van der Waals surface area contributed by atoms with Crippen molar-refractivity contribution in [1.29, 1.82) is 0 Å². The van der Waals surface area contributed by atoms with Crippen LogP contribution in [0, 0.1) is 0 Å². The van der Waals surface area contributed by atoms with Crippen molar-refractivity contribution < 1.29 is 62.2 Å². The third-order valence-electron chi connectivity index (χ3n) is 4.82. The highest BCUT2D eigenvalue weighted by molar-refractivity contribution is 5.61. The highest BCUT2D eigenvalue weighted by atomic mass is 19.4. The van der Waals surface area contributed by atoms with Crippen LogP contribution in [0.15, 0.2) is 48.5 Å². The SMILES string of the molecule is Nc1c(C(F)(F)F)cc(Oc2ccc(Oc3cc(C(F)(F)F)c(N)c(C(F)(F)F)c3)cc2)cc1C(F)(F)F. The van der Waals surface area contributed by atoms with Crippen molar-refractivity contribution in [3.8, 4) is 23.0 Å². The van der Waals surface area contributed by atoms with Crippen molar-refractivity contribution in [3.05, 3.63) is 70.8 Å². The summed E-state index contributed by atoms with van der Waals surface area (Å²) in [4.78, 5) is 0. The van der Waals surface area contributed by atoms with Crippen LogP contribution in [0.1, 0.15) is 22.3 Å². The number of hydrogen-bond acceptors (Lipinski definition) is 4. The molecule has 38 heavy (non-hydrogen) atoms. The molecule has 3 rings (SSSR count). The number of rotatable bonds is 4. The lowest BCUT2D eigenvalue weighted by atomic mass is 10.1.